The molecule has 0 aliphatic rings. The minimum Gasteiger partial charge on any atom is -0.464 e. The lowest BCUT2D eigenvalue weighted by Crippen LogP contribution is -2.37. The SMILES string of the molecule is CCOC(=O)C(C)(C)n1cc(NC(=O)c2cnc(-c3ccccc3F)s2)cn1. The number of thiazole rings is 1. The van der Waals surface area contributed by atoms with Crippen LogP contribution in [0.15, 0.2) is 42.9 Å². The first kappa shape index (κ1) is 19.7. The van der Waals surface area contributed by atoms with Crippen LogP contribution in [-0.2, 0) is 15.1 Å². The Bertz CT molecular complexity index is 1010. The molecule has 0 unspecified atom stereocenters. The molecule has 1 aromatic carbocycles. The van der Waals surface area contributed by atoms with Crippen LogP contribution in [0.3, 0.4) is 0 Å². The molecule has 0 radical (unpaired) electrons. The van der Waals surface area contributed by atoms with Crippen molar-refractivity contribution >= 4 is 28.9 Å². The Morgan fingerprint density at radius 3 is 2.75 bits per heavy atom. The van der Waals surface area contributed by atoms with Crippen LogP contribution < -0.4 is 5.32 Å². The zero-order chi connectivity index (χ0) is 20.3. The second kappa shape index (κ2) is 7.89. The lowest BCUT2D eigenvalue weighted by atomic mass is 10.1. The summed E-state index contributed by atoms with van der Waals surface area (Å²) >= 11 is 1.09. The molecule has 2 heterocycles. The summed E-state index contributed by atoms with van der Waals surface area (Å²) in [5.41, 5.74) is -0.250. The molecule has 0 saturated heterocycles. The Morgan fingerprint density at radius 1 is 1.29 bits per heavy atom. The second-order valence-corrected chi connectivity index (χ2v) is 7.45. The summed E-state index contributed by atoms with van der Waals surface area (Å²) in [6, 6.07) is 6.25. The Morgan fingerprint density at radius 2 is 2.04 bits per heavy atom. The maximum Gasteiger partial charge on any atom is 0.333 e. The minimum atomic E-state index is -1.01. The molecule has 9 heteroatoms. The van der Waals surface area contributed by atoms with Gasteiger partial charge in [0.25, 0.3) is 5.91 Å². The van der Waals surface area contributed by atoms with Crippen molar-refractivity contribution in [1.82, 2.24) is 14.8 Å². The highest BCUT2D eigenvalue weighted by atomic mass is 32.1. The fraction of sp³-hybridized carbons (Fsp3) is 0.263. The summed E-state index contributed by atoms with van der Waals surface area (Å²) < 4.78 is 20.4. The number of hydrogen-bond acceptors (Lipinski definition) is 6. The molecule has 28 heavy (non-hydrogen) atoms. The molecular weight excluding hydrogens is 383 g/mol. The van der Waals surface area contributed by atoms with E-state index in [1.807, 2.05) is 0 Å². The van der Waals surface area contributed by atoms with Crippen molar-refractivity contribution in [3.8, 4) is 10.6 Å². The first-order chi connectivity index (χ1) is 13.3. The number of benzene rings is 1. The number of nitrogens with zero attached hydrogens (tertiary/aromatic N) is 3. The molecule has 0 bridgehead atoms. The molecule has 1 N–H and O–H groups in total. The van der Waals surface area contributed by atoms with Crippen molar-refractivity contribution in [2.24, 2.45) is 0 Å². The predicted molar refractivity (Wildman–Crippen MR) is 104 cm³/mol. The van der Waals surface area contributed by atoms with Crippen LogP contribution in [0.2, 0.25) is 0 Å². The van der Waals surface area contributed by atoms with Gasteiger partial charge in [0.2, 0.25) is 0 Å². The maximum atomic E-state index is 13.9. The number of anilines is 1. The number of halogens is 1. The standard InChI is InChI=1S/C19H19FN4O3S/c1-4-27-18(26)19(2,3)24-11-12(9-22-24)23-16(25)15-10-21-17(28-15)13-7-5-6-8-14(13)20/h5-11H,4H2,1-3H3,(H,23,25). The van der Waals surface area contributed by atoms with E-state index in [0.717, 1.165) is 11.3 Å². The third kappa shape index (κ3) is 3.94. The number of nitrogens with one attached hydrogen (secondary N) is 1. The number of amides is 1. The largest absolute Gasteiger partial charge is 0.464 e. The lowest BCUT2D eigenvalue weighted by Gasteiger charge is -2.22. The zero-order valence-electron chi connectivity index (χ0n) is 15.6. The van der Waals surface area contributed by atoms with Crippen molar-refractivity contribution in [2.75, 3.05) is 11.9 Å². The van der Waals surface area contributed by atoms with Gasteiger partial charge in [-0.2, -0.15) is 5.10 Å². The Labute approximate surface area is 165 Å². The summed E-state index contributed by atoms with van der Waals surface area (Å²) in [5, 5.41) is 7.26. The summed E-state index contributed by atoms with van der Waals surface area (Å²) in [5.74, 6) is -1.21. The van der Waals surface area contributed by atoms with E-state index in [9.17, 15) is 14.0 Å². The van der Waals surface area contributed by atoms with Gasteiger partial charge in [0.1, 0.15) is 15.7 Å². The first-order valence-corrected chi connectivity index (χ1v) is 9.39. The quantitative estimate of drug-likeness (QED) is 0.636. The van der Waals surface area contributed by atoms with Crippen LogP contribution in [-0.4, -0.2) is 33.2 Å². The normalized spacial score (nSPS) is 11.3. The highest BCUT2D eigenvalue weighted by molar-refractivity contribution is 7.17. The highest BCUT2D eigenvalue weighted by Gasteiger charge is 2.32. The van der Waals surface area contributed by atoms with Crippen molar-refractivity contribution in [2.45, 2.75) is 26.3 Å². The van der Waals surface area contributed by atoms with E-state index in [4.69, 9.17) is 4.74 Å². The summed E-state index contributed by atoms with van der Waals surface area (Å²) in [6.07, 6.45) is 4.39. The molecule has 1 amide bonds. The molecule has 146 valence electrons. The monoisotopic (exact) mass is 402 g/mol. The van der Waals surface area contributed by atoms with Gasteiger partial charge in [-0.25, -0.2) is 14.2 Å². The van der Waals surface area contributed by atoms with Crippen LogP contribution in [0, 0.1) is 5.82 Å². The topological polar surface area (TPSA) is 86.1 Å². The smallest absolute Gasteiger partial charge is 0.333 e. The second-order valence-electron chi connectivity index (χ2n) is 6.42. The van der Waals surface area contributed by atoms with E-state index < -0.39 is 23.2 Å². The van der Waals surface area contributed by atoms with E-state index in [1.165, 1.54) is 23.1 Å². The summed E-state index contributed by atoms with van der Waals surface area (Å²) in [4.78, 5) is 29.0. The van der Waals surface area contributed by atoms with Crippen molar-refractivity contribution in [1.29, 1.82) is 0 Å². The number of rotatable bonds is 6. The molecule has 3 rings (SSSR count). The van der Waals surface area contributed by atoms with E-state index in [0.29, 0.717) is 21.1 Å². The van der Waals surface area contributed by atoms with Gasteiger partial charge >= 0.3 is 5.97 Å². The predicted octanol–water partition coefficient (Wildman–Crippen LogP) is 3.70. The van der Waals surface area contributed by atoms with Crippen LogP contribution in [0.4, 0.5) is 10.1 Å². The molecule has 0 fully saturated rings. The highest BCUT2D eigenvalue weighted by Crippen LogP contribution is 2.28. The Hall–Kier alpha value is -3.07. The van der Waals surface area contributed by atoms with Gasteiger partial charge in [0, 0.05) is 11.8 Å². The molecule has 0 aliphatic carbocycles. The first-order valence-electron chi connectivity index (χ1n) is 8.57. The Kier molecular flexibility index (Phi) is 5.55. The minimum absolute atomic E-state index is 0.267. The van der Waals surface area contributed by atoms with Crippen molar-refractivity contribution in [3.05, 3.63) is 53.6 Å². The fourth-order valence-corrected chi connectivity index (χ4v) is 3.26. The average molecular weight is 402 g/mol. The van der Waals surface area contributed by atoms with E-state index in [-0.39, 0.29) is 6.61 Å². The number of aromatic nitrogens is 3. The molecule has 7 nitrogen and oxygen atoms in total. The summed E-state index contributed by atoms with van der Waals surface area (Å²) in [7, 11) is 0. The van der Waals surface area contributed by atoms with E-state index in [1.54, 1.807) is 45.2 Å². The Balaban J connectivity index is 1.74. The van der Waals surface area contributed by atoms with Crippen molar-refractivity contribution < 1.29 is 18.7 Å². The van der Waals surface area contributed by atoms with Gasteiger partial charge < -0.3 is 10.1 Å². The van der Waals surface area contributed by atoms with Gasteiger partial charge in [0.05, 0.1) is 24.7 Å². The average Bonchev–Trinajstić information content (AvgIpc) is 3.32. The molecule has 0 saturated carbocycles. The van der Waals surface area contributed by atoms with Crippen molar-refractivity contribution in [3.63, 3.8) is 0 Å². The van der Waals surface area contributed by atoms with Gasteiger partial charge in [-0.3, -0.25) is 9.48 Å². The summed E-state index contributed by atoms with van der Waals surface area (Å²) in [6.45, 7) is 5.34. The molecule has 0 spiro atoms. The number of hydrogen-bond donors (Lipinski definition) is 1. The lowest BCUT2D eigenvalue weighted by molar-refractivity contribution is -0.152. The molecular formula is C19H19FN4O3S. The molecule has 0 aliphatic heterocycles. The van der Waals surface area contributed by atoms with Gasteiger partial charge in [-0.05, 0) is 32.9 Å². The van der Waals surface area contributed by atoms with Crippen LogP contribution in [0.5, 0.6) is 0 Å². The van der Waals surface area contributed by atoms with E-state index in [2.05, 4.69) is 15.4 Å². The van der Waals surface area contributed by atoms with Gasteiger partial charge in [0.15, 0.2) is 5.54 Å². The molecule has 0 atom stereocenters. The van der Waals surface area contributed by atoms with Crippen LogP contribution >= 0.6 is 11.3 Å². The number of carbonyl (C=O) groups excluding carboxylic acids is 2. The van der Waals surface area contributed by atoms with Crippen LogP contribution in [0.25, 0.3) is 10.6 Å². The van der Waals surface area contributed by atoms with Crippen LogP contribution in [0.1, 0.15) is 30.4 Å². The molecule has 3 aromatic rings. The molecule has 2 aromatic heterocycles. The van der Waals surface area contributed by atoms with Gasteiger partial charge in [-0.15, -0.1) is 11.3 Å². The van der Waals surface area contributed by atoms with Gasteiger partial charge in [-0.1, -0.05) is 12.1 Å². The maximum absolute atomic E-state index is 13.9. The zero-order valence-corrected chi connectivity index (χ0v) is 16.4. The number of ether oxygens (including phenoxy) is 1. The number of esters is 1. The third-order valence-electron chi connectivity index (χ3n) is 4.02. The third-order valence-corrected chi connectivity index (χ3v) is 5.05. The fourth-order valence-electron chi connectivity index (χ4n) is 2.43. The number of carbonyl (C=O) groups is 2. The van der Waals surface area contributed by atoms with E-state index >= 15 is 0 Å².